The summed E-state index contributed by atoms with van der Waals surface area (Å²) in [5, 5.41) is 0. The highest BCUT2D eigenvalue weighted by Crippen LogP contribution is 2.24. The molecule has 1 aliphatic heterocycles. The molecule has 28 heavy (non-hydrogen) atoms. The Hall–Kier alpha value is -2.60. The fourth-order valence-electron chi connectivity index (χ4n) is 3.41. The zero-order valence-corrected chi connectivity index (χ0v) is 16.8. The monoisotopic (exact) mass is 398 g/mol. The zero-order valence-electron chi connectivity index (χ0n) is 16.0. The molecule has 148 valence electrons. The molecule has 5 nitrogen and oxygen atoms in total. The van der Waals surface area contributed by atoms with Crippen LogP contribution >= 0.6 is 0 Å². The summed E-state index contributed by atoms with van der Waals surface area (Å²) in [6, 6.07) is 15.1. The van der Waals surface area contributed by atoms with E-state index in [-0.39, 0.29) is 17.3 Å². The minimum absolute atomic E-state index is 0.00892. The average Bonchev–Trinajstić information content (AvgIpc) is 3.02. The molecule has 0 aromatic heterocycles. The minimum atomic E-state index is -3.71. The van der Waals surface area contributed by atoms with Crippen LogP contribution in [0.3, 0.4) is 0 Å². The first-order valence-electron chi connectivity index (χ1n) is 9.62. The molecule has 2 aromatic carbocycles. The number of benzene rings is 2. The molecular formula is C22H26N2O3S. The van der Waals surface area contributed by atoms with Gasteiger partial charge in [-0.05, 0) is 49.2 Å². The van der Waals surface area contributed by atoms with Crippen LogP contribution in [-0.4, -0.2) is 38.9 Å². The largest absolute Gasteiger partial charge is 0.339 e. The van der Waals surface area contributed by atoms with Gasteiger partial charge in [-0.25, -0.2) is 8.42 Å². The van der Waals surface area contributed by atoms with Gasteiger partial charge in [0.05, 0.1) is 17.1 Å². The van der Waals surface area contributed by atoms with E-state index in [1.54, 1.807) is 60.7 Å². The van der Waals surface area contributed by atoms with Gasteiger partial charge in [0.15, 0.2) is 0 Å². The Morgan fingerprint density at radius 1 is 0.964 bits per heavy atom. The van der Waals surface area contributed by atoms with Crippen LogP contribution in [0.4, 0.5) is 5.69 Å². The molecule has 0 spiro atoms. The summed E-state index contributed by atoms with van der Waals surface area (Å²) < 4.78 is 27.4. The van der Waals surface area contributed by atoms with E-state index in [1.807, 2.05) is 4.90 Å². The fraction of sp³-hybridized carbons (Fsp3) is 0.318. The van der Waals surface area contributed by atoms with Gasteiger partial charge >= 0.3 is 0 Å². The number of hydrogen-bond donors (Lipinski definition) is 0. The summed E-state index contributed by atoms with van der Waals surface area (Å²) in [5.74, 6) is 0.00892. The molecule has 0 unspecified atom stereocenters. The molecule has 3 rings (SSSR count). The molecule has 6 heteroatoms. The average molecular weight is 399 g/mol. The molecule has 1 aliphatic rings. The molecule has 0 aliphatic carbocycles. The van der Waals surface area contributed by atoms with Crippen molar-refractivity contribution in [3.8, 4) is 0 Å². The van der Waals surface area contributed by atoms with E-state index < -0.39 is 10.0 Å². The second kappa shape index (κ2) is 9.06. The van der Waals surface area contributed by atoms with E-state index in [9.17, 15) is 13.2 Å². The number of nitrogens with zero attached hydrogens (tertiary/aromatic N) is 2. The molecule has 0 atom stereocenters. The third-order valence-corrected chi connectivity index (χ3v) is 6.73. The highest BCUT2D eigenvalue weighted by atomic mass is 32.2. The molecule has 0 radical (unpaired) electrons. The van der Waals surface area contributed by atoms with Crippen molar-refractivity contribution in [2.45, 2.75) is 30.6 Å². The van der Waals surface area contributed by atoms with Crippen molar-refractivity contribution in [1.82, 2.24) is 4.90 Å². The first-order valence-corrected chi connectivity index (χ1v) is 11.1. The van der Waals surface area contributed by atoms with Gasteiger partial charge in [-0.15, -0.1) is 6.58 Å². The van der Waals surface area contributed by atoms with Crippen molar-refractivity contribution in [2.24, 2.45) is 0 Å². The summed E-state index contributed by atoms with van der Waals surface area (Å²) in [5.41, 5.74) is 1.09. The number of rotatable bonds is 6. The van der Waals surface area contributed by atoms with Gasteiger partial charge in [-0.2, -0.15) is 0 Å². The van der Waals surface area contributed by atoms with Gasteiger partial charge in [-0.3, -0.25) is 9.10 Å². The molecule has 1 saturated heterocycles. The fourth-order valence-corrected chi connectivity index (χ4v) is 4.86. The Labute approximate surface area is 167 Å². The predicted octanol–water partition coefficient (Wildman–Crippen LogP) is 4.08. The van der Waals surface area contributed by atoms with Crippen LogP contribution < -0.4 is 4.31 Å². The first-order chi connectivity index (χ1) is 13.5. The number of sulfonamides is 1. The maximum Gasteiger partial charge on any atom is 0.264 e. The van der Waals surface area contributed by atoms with E-state index in [0.29, 0.717) is 11.3 Å². The number of anilines is 1. The molecule has 0 saturated carbocycles. The number of likely N-dealkylation sites (tertiary alicyclic amines) is 1. The molecule has 1 heterocycles. The number of carbonyl (C=O) groups is 1. The lowest BCUT2D eigenvalue weighted by Gasteiger charge is -2.24. The van der Waals surface area contributed by atoms with Crippen LogP contribution in [0.25, 0.3) is 0 Å². The molecular weight excluding hydrogens is 372 g/mol. The van der Waals surface area contributed by atoms with Crippen LogP contribution in [0.15, 0.2) is 72.1 Å². The van der Waals surface area contributed by atoms with Crippen molar-refractivity contribution in [2.75, 3.05) is 23.9 Å². The lowest BCUT2D eigenvalue weighted by molar-refractivity contribution is 0.0761. The highest BCUT2D eigenvalue weighted by molar-refractivity contribution is 7.92. The van der Waals surface area contributed by atoms with Crippen molar-refractivity contribution >= 4 is 21.6 Å². The van der Waals surface area contributed by atoms with E-state index in [0.717, 1.165) is 38.8 Å². The van der Waals surface area contributed by atoms with Gasteiger partial charge in [-0.1, -0.05) is 37.1 Å². The van der Waals surface area contributed by atoms with Gasteiger partial charge in [0, 0.05) is 18.7 Å². The Kier molecular flexibility index (Phi) is 6.52. The third-order valence-electron chi connectivity index (χ3n) is 4.92. The second-order valence-corrected chi connectivity index (χ2v) is 8.75. The predicted molar refractivity (Wildman–Crippen MR) is 112 cm³/mol. The Morgan fingerprint density at radius 3 is 2.14 bits per heavy atom. The smallest absolute Gasteiger partial charge is 0.264 e. The normalized spacial score (nSPS) is 14.9. The lowest BCUT2D eigenvalue weighted by atomic mass is 10.1. The lowest BCUT2D eigenvalue weighted by Crippen LogP contribution is -2.32. The maximum atomic E-state index is 13.0. The SMILES string of the molecule is C=CCN(c1ccc(C(=O)N2CCCCCC2)cc1)S(=O)(=O)c1ccccc1. The van der Waals surface area contributed by atoms with E-state index in [4.69, 9.17) is 0 Å². The molecule has 0 N–H and O–H groups in total. The van der Waals surface area contributed by atoms with E-state index in [2.05, 4.69) is 6.58 Å². The third kappa shape index (κ3) is 4.44. The Morgan fingerprint density at radius 2 is 1.57 bits per heavy atom. The number of carbonyl (C=O) groups excluding carboxylic acids is 1. The van der Waals surface area contributed by atoms with Crippen molar-refractivity contribution < 1.29 is 13.2 Å². The summed E-state index contributed by atoms with van der Waals surface area (Å²) in [4.78, 5) is 14.9. The van der Waals surface area contributed by atoms with Gasteiger partial charge in [0.2, 0.25) is 0 Å². The molecule has 1 fully saturated rings. The maximum absolute atomic E-state index is 13.0. The number of hydrogen-bond acceptors (Lipinski definition) is 3. The quantitative estimate of drug-likeness (QED) is 0.689. The van der Waals surface area contributed by atoms with Gasteiger partial charge in [0.25, 0.3) is 15.9 Å². The Balaban J connectivity index is 1.85. The molecule has 1 amide bonds. The van der Waals surface area contributed by atoms with Crippen LogP contribution in [0.2, 0.25) is 0 Å². The van der Waals surface area contributed by atoms with E-state index in [1.165, 1.54) is 4.31 Å². The minimum Gasteiger partial charge on any atom is -0.339 e. The van der Waals surface area contributed by atoms with Crippen molar-refractivity contribution in [3.05, 3.63) is 72.8 Å². The van der Waals surface area contributed by atoms with E-state index >= 15 is 0 Å². The van der Waals surface area contributed by atoms with Crippen LogP contribution in [-0.2, 0) is 10.0 Å². The summed E-state index contributed by atoms with van der Waals surface area (Å²) >= 11 is 0. The molecule has 2 aromatic rings. The zero-order chi connectivity index (χ0) is 20.0. The standard InChI is InChI=1S/C22H26N2O3S/c1-2-16-24(28(26,27)21-10-6-5-7-11-21)20-14-12-19(13-15-20)22(25)23-17-8-3-4-9-18-23/h2,5-7,10-15H,1,3-4,8-9,16-18H2. The van der Waals surface area contributed by atoms with Crippen molar-refractivity contribution in [3.63, 3.8) is 0 Å². The topological polar surface area (TPSA) is 57.7 Å². The van der Waals surface area contributed by atoms with Crippen molar-refractivity contribution in [1.29, 1.82) is 0 Å². The number of amides is 1. The second-order valence-electron chi connectivity index (χ2n) is 6.89. The highest BCUT2D eigenvalue weighted by Gasteiger charge is 2.24. The summed E-state index contributed by atoms with van der Waals surface area (Å²) in [6.45, 7) is 5.40. The first kappa shape index (κ1) is 20.1. The van der Waals surface area contributed by atoms with Crippen LogP contribution in [0.1, 0.15) is 36.0 Å². The van der Waals surface area contributed by atoms with Gasteiger partial charge in [0.1, 0.15) is 0 Å². The summed E-state index contributed by atoms with van der Waals surface area (Å²) in [6.07, 6.45) is 5.95. The molecule has 0 bridgehead atoms. The summed E-state index contributed by atoms with van der Waals surface area (Å²) in [7, 11) is -3.71. The van der Waals surface area contributed by atoms with Crippen LogP contribution in [0, 0.1) is 0 Å². The van der Waals surface area contributed by atoms with Gasteiger partial charge < -0.3 is 4.90 Å². The van der Waals surface area contributed by atoms with Crippen LogP contribution in [0.5, 0.6) is 0 Å². The Bertz CT molecular complexity index is 901.